The van der Waals surface area contributed by atoms with Crippen LogP contribution in [-0.2, 0) is 0 Å². The van der Waals surface area contributed by atoms with Crippen LogP contribution in [0.2, 0.25) is 0 Å². The van der Waals surface area contributed by atoms with Crippen molar-refractivity contribution >= 4 is 0 Å². The molecular formula is C8H16N2. The number of hydrogen-bond acceptors (Lipinski definition) is 2. The van der Waals surface area contributed by atoms with Gasteiger partial charge >= 0.3 is 0 Å². The van der Waals surface area contributed by atoms with Crippen LogP contribution in [0, 0.1) is 0 Å². The normalized spacial score (nSPS) is 15.9. The molecule has 1 N–H and O–H groups in total. The topological polar surface area (TPSA) is 15.3 Å². The summed E-state index contributed by atoms with van der Waals surface area (Å²) in [5, 5.41) is 3.14. The zero-order valence-corrected chi connectivity index (χ0v) is 6.64. The molecule has 0 spiro atoms. The average molecular weight is 140 g/mol. The molecule has 2 nitrogen and oxygen atoms in total. The lowest BCUT2D eigenvalue weighted by atomic mass is 10.2. The smallest absolute Gasteiger partial charge is 0.0867 e. The Morgan fingerprint density at radius 2 is 2.40 bits per heavy atom. The first kappa shape index (κ1) is 7.45. The highest BCUT2D eigenvalue weighted by atomic mass is 15.2. The SMILES string of the molecule is CCCCCN1C=CNC1. The van der Waals surface area contributed by atoms with Gasteiger partial charge in [0.25, 0.3) is 0 Å². The summed E-state index contributed by atoms with van der Waals surface area (Å²) in [7, 11) is 0. The van der Waals surface area contributed by atoms with E-state index in [1.54, 1.807) is 0 Å². The molecule has 0 amide bonds. The van der Waals surface area contributed by atoms with Gasteiger partial charge in [-0.1, -0.05) is 19.8 Å². The summed E-state index contributed by atoms with van der Waals surface area (Å²) in [6, 6.07) is 0. The maximum Gasteiger partial charge on any atom is 0.0867 e. The molecule has 0 radical (unpaired) electrons. The van der Waals surface area contributed by atoms with Gasteiger partial charge in [0, 0.05) is 18.9 Å². The molecule has 1 aliphatic heterocycles. The zero-order valence-electron chi connectivity index (χ0n) is 6.64. The van der Waals surface area contributed by atoms with Crippen molar-refractivity contribution in [2.75, 3.05) is 13.2 Å². The van der Waals surface area contributed by atoms with Gasteiger partial charge in [-0.3, -0.25) is 0 Å². The Balaban J connectivity index is 1.97. The molecule has 0 unspecified atom stereocenters. The van der Waals surface area contributed by atoms with Crippen molar-refractivity contribution in [3.63, 3.8) is 0 Å². The molecule has 0 atom stereocenters. The largest absolute Gasteiger partial charge is 0.373 e. The van der Waals surface area contributed by atoms with E-state index >= 15 is 0 Å². The highest BCUT2D eigenvalue weighted by Gasteiger charge is 2.00. The zero-order chi connectivity index (χ0) is 7.23. The van der Waals surface area contributed by atoms with Crippen molar-refractivity contribution in [1.82, 2.24) is 10.2 Å². The highest BCUT2D eigenvalue weighted by Crippen LogP contribution is 2.00. The summed E-state index contributed by atoms with van der Waals surface area (Å²) < 4.78 is 0. The first-order valence-corrected chi connectivity index (χ1v) is 4.07. The predicted octanol–water partition coefficient (Wildman–Crippen LogP) is 1.51. The minimum absolute atomic E-state index is 1.00. The van der Waals surface area contributed by atoms with Crippen LogP contribution >= 0.6 is 0 Å². The first-order valence-electron chi connectivity index (χ1n) is 4.07. The van der Waals surface area contributed by atoms with Crippen molar-refractivity contribution in [1.29, 1.82) is 0 Å². The van der Waals surface area contributed by atoms with Crippen molar-refractivity contribution in [3.05, 3.63) is 12.4 Å². The monoisotopic (exact) mass is 140 g/mol. The van der Waals surface area contributed by atoms with Gasteiger partial charge in [-0.15, -0.1) is 0 Å². The lowest BCUT2D eigenvalue weighted by Gasteiger charge is -2.13. The number of rotatable bonds is 4. The van der Waals surface area contributed by atoms with Crippen molar-refractivity contribution in [3.8, 4) is 0 Å². The van der Waals surface area contributed by atoms with E-state index in [1.807, 2.05) is 6.20 Å². The van der Waals surface area contributed by atoms with E-state index in [1.165, 1.54) is 25.8 Å². The molecule has 1 aliphatic rings. The van der Waals surface area contributed by atoms with Crippen LogP contribution in [0.4, 0.5) is 0 Å². The molecule has 0 fully saturated rings. The lowest BCUT2D eigenvalue weighted by molar-refractivity contribution is 0.378. The Bertz CT molecular complexity index is 110. The maximum absolute atomic E-state index is 3.14. The molecule has 0 saturated carbocycles. The van der Waals surface area contributed by atoms with Gasteiger partial charge in [0.2, 0.25) is 0 Å². The fourth-order valence-electron chi connectivity index (χ4n) is 1.10. The van der Waals surface area contributed by atoms with Crippen molar-refractivity contribution in [2.24, 2.45) is 0 Å². The molecule has 0 aliphatic carbocycles. The summed E-state index contributed by atoms with van der Waals surface area (Å²) >= 11 is 0. The molecule has 0 aromatic carbocycles. The third-order valence-corrected chi connectivity index (χ3v) is 1.75. The van der Waals surface area contributed by atoms with E-state index in [2.05, 4.69) is 23.3 Å². The summed E-state index contributed by atoms with van der Waals surface area (Å²) in [6.45, 7) is 4.44. The minimum atomic E-state index is 1.00. The first-order chi connectivity index (χ1) is 4.93. The van der Waals surface area contributed by atoms with E-state index in [-0.39, 0.29) is 0 Å². The van der Waals surface area contributed by atoms with Crippen LogP contribution < -0.4 is 5.32 Å². The van der Waals surface area contributed by atoms with Gasteiger partial charge in [0.1, 0.15) is 0 Å². The Hall–Kier alpha value is -0.660. The summed E-state index contributed by atoms with van der Waals surface area (Å²) in [4.78, 5) is 2.30. The van der Waals surface area contributed by atoms with Gasteiger partial charge in [0.15, 0.2) is 0 Å². The Morgan fingerprint density at radius 3 is 3.00 bits per heavy atom. The fourth-order valence-corrected chi connectivity index (χ4v) is 1.10. The molecule has 0 aromatic rings. The second kappa shape index (κ2) is 4.20. The van der Waals surface area contributed by atoms with Crippen LogP contribution in [0.25, 0.3) is 0 Å². The van der Waals surface area contributed by atoms with Gasteiger partial charge in [-0.2, -0.15) is 0 Å². The van der Waals surface area contributed by atoms with Crippen LogP contribution in [0.5, 0.6) is 0 Å². The fraction of sp³-hybridized carbons (Fsp3) is 0.750. The Labute approximate surface area is 62.9 Å². The van der Waals surface area contributed by atoms with Crippen LogP contribution in [0.15, 0.2) is 12.4 Å². The quantitative estimate of drug-likeness (QED) is 0.595. The number of hydrogen-bond donors (Lipinski definition) is 1. The highest BCUT2D eigenvalue weighted by molar-refractivity contribution is 4.86. The number of nitrogens with zero attached hydrogens (tertiary/aromatic N) is 1. The molecule has 0 bridgehead atoms. The van der Waals surface area contributed by atoms with Crippen LogP contribution in [0.3, 0.4) is 0 Å². The van der Waals surface area contributed by atoms with Crippen molar-refractivity contribution in [2.45, 2.75) is 26.2 Å². The summed E-state index contributed by atoms with van der Waals surface area (Å²) in [6.07, 6.45) is 8.11. The molecule has 10 heavy (non-hydrogen) atoms. The average Bonchev–Trinajstić information content (AvgIpc) is 2.41. The molecule has 1 rings (SSSR count). The second-order valence-corrected chi connectivity index (χ2v) is 2.70. The van der Waals surface area contributed by atoms with Gasteiger partial charge < -0.3 is 10.2 Å². The third-order valence-electron chi connectivity index (χ3n) is 1.75. The Morgan fingerprint density at radius 1 is 1.50 bits per heavy atom. The maximum atomic E-state index is 3.14. The second-order valence-electron chi connectivity index (χ2n) is 2.70. The van der Waals surface area contributed by atoms with Gasteiger partial charge in [-0.05, 0) is 6.42 Å². The molecular weight excluding hydrogens is 124 g/mol. The van der Waals surface area contributed by atoms with E-state index in [9.17, 15) is 0 Å². The standard InChI is InChI=1S/C8H16N2/c1-2-3-4-6-10-7-5-9-8-10/h5,7,9H,2-4,6,8H2,1H3. The van der Waals surface area contributed by atoms with Gasteiger partial charge in [-0.25, -0.2) is 0 Å². The number of unbranched alkanes of at least 4 members (excludes halogenated alkanes) is 2. The predicted molar refractivity (Wildman–Crippen MR) is 43.4 cm³/mol. The van der Waals surface area contributed by atoms with Crippen molar-refractivity contribution < 1.29 is 0 Å². The Kier molecular flexibility index (Phi) is 3.13. The summed E-state index contributed by atoms with van der Waals surface area (Å²) in [5.41, 5.74) is 0. The number of nitrogens with one attached hydrogen (secondary N) is 1. The molecule has 0 aromatic heterocycles. The lowest BCUT2D eigenvalue weighted by Crippen LogP contribution is -2.21. The van der Waals surface area contributed by atoms with Gasteiger partial charge in [0.05, 0.1) is 6.67 Å². The van der Waals surface area contributed by atoms with E-state index in [4.69, 9.17) is 0 Å². The molecule has 58 valence electrons. The summed E-state index contributed by atoms with van der Waals surface area (Å²) in [5.74, 6) is 0. The van der Waals surface area contributed by atoms with E-state index in [0.717, 1.165) is 6.67 Å². The third kappa shape index (κ3) is 2.29. The van der Waals surface area contributed by atoms with E-state index in [0.29, 0.717) is 0 Å². The molecule has 1 heterocycles. The van der Waals surface area contributed by atoms with E-state index < -0.39 is 0 Å². The molecule has 2 heteroatoms. The van der Waals surface area contributed by atoms with Crippen LogP contribution in [-0.4, -0.2) is 18.1 Å². The van der Waals surface area contributed by atoms with Crippen LogP contribution in [0.1, 0.15) is 26.2 Å². The minimum Gasteiger partial charge on any atom is -0.373 e. The molecule has 0 saturated heterocycles.